The van der Waals surface area contributed by atoms with Crippen LogP contribution < -0.4 is 0 Å². The van der Waals surface area contributed by atoms with Crippen molar-refractivity contribution in [2.45, 2.75) is 25.7 Å². The minimum Gasteiger partial charge on any atom is -0.508 e. The molecule has 0 heterocycles. The van der Waals surface area contributed by atoms with Crippen LogP contribution in [0.2, 0.25) is 0 Å². The Kier molecular flexibility index (Phi) is 4.99. The Morgan fingerprint density at radius 2 is 2.24 bits per heavy atom. The lowest BCUT2D eigenvalue weighted by atomic mass is 9.90. The topological polar surface area (TPSA) is 46.5 Å². The molecule has 21 heavy (non-hydrogen) atoms. The van der Waals surface area contributed by atoms with E-state index in [1.807, 2.05) is 24.3 Å². The van der Waals surface area contributed by atoms with Crippen LogP contribution in [0.4, 0.5) is 0 Å². The van der Waals surface area contributed by atoms with Crippen LogP contribution in [-0.2, 0) is 16.0 Å². The molecule has 1 aromatic rings. The minimum atomic E-state index is -0.366. The summed E-state index contributed by atoms with van der Waals surface area (Å²) >= 11 is 0. The van der Waals surface area contributed by atoms with Gasteiger partial charge in [0.1, 0.15) is 5.75 Å². The Labute approximate surface area is 125 Å². The van der Waals surface area contributed by atoms with E-state index in [-0.39, 0.29) is 11.9 Å². The molecule has 1 aromatic carbocycles. The third kappa shape index (κ3) is 4.09. The lowest BCUT2D eigenvalue weighted by Gasteiger charge is -2.16. The zero-order valence-corrected chi connectivity index (χ0v) is 12.2. The second-order valence-electron chi connectivity index (χ2n) is 5.21. The van der Waals surface area contributed by atoms with E-state index in [0.29, 0.717) is 24.4 Å². The second kappa shape index (κ2) is 6.93. The Hall–Kier alpha value is -2.29. The number of phenols is 1. The van der Waals surface area contributed by atoms with Gasteiger partial charge >= 0.3 is 5.97 Å². The third-order valence-electron chi connectivity index (χ3n) is 3.44. The number of hydrogen-bond donors (Lipinski definition) is 1. The Morgan fingerprint density at radius 3 is 2.90 bits per heavy atom. The molecule has 0 bridgehead atoms. The van der Waals surface area contributed by atoms with Crippen LogP contribution in [0, 0.1) is 0 Å². The Bertz CT molecular complexity index is 596. The highest BCUT2D eigenvalue weighted by Crippen LogP contribution is 2.32. The predicted octanol–water partition coefficient (Wildman–Crippen LogP) is 3.65. The molecule has 1 aliphatic rings. The summed E-state index contributed by atoms with van der Waals surface area (Å²) in [6.45, 7) is 5.49. The highest BCUT2D eigenvalue weighted by molar-refractivity contribution is 5.86. The van der Waals surface area contributed by atoms with E-state index in [1.54, 1.807) is 13.0 Å². The first-order valence-corrected chi connectivity index (χ1v) is 7.05. The van der Waals surface area contributed by atoms with Gasteiger partial charge in [0.2, 0.25) is 0 Å². The molecule has 2 rings (SSSR count). The fourth-order valence-electron chi connectivity index (χ4n) is 2.25. The van der Waals surface area contributed by atoms with Crippen molar-refractivity contribution in [1.29, 1.82) is 0 Å². The van der Waals surface area contributed by atoms with Crippen LogP contribution in [0.5, 0.6) is 5.75 Å². The third-order valence-corrected chi connectivity index (χ3v) is 3.44. The number of carbonyl (C=O) groups excluding carboxylic acids is 1. The molecular formula is C18H20O3. The van der Waals surface area contributed by atoms with Gasteiger partial charge in [-0.25, -0.2) is 4.79 Å². The SMILES string of the molecule is C=C(C)C(=O)OCCc1ccc(O)c(C2C=CC=CC2)c1. The molecule has 1 unspecified atom stereocenters. The van der Waals surface area contributed by atoms with Gasteiger partial charge in [-0.2, -0.15) is 0 Å². The van der Waals surface area contributed by atoms with E-state index < -0.39 is 0 Å². The number of rotatable bonds is 5. The summed E-state index contributed by atoms with van der Waals surface area (Å²) in [5, 5.41) is 10.0. The molecule has 3 heteroatoms. The summed E-state index contributed by atoms with van der Waals surface area (Å²) in [6.07, 6.45) is 9.69. The van der Waals surface area contributed by atoms with E-state index in [4.69, 9.17) is 4.74 Å². The smallest absolute Gasteiger partial charge is 0.333 e. The predicted molar refractivity (Wildman–Crippen MR) is 83.2 cm³/mol. The van der Waals surface area contributed by atoms with E-state index in [1.165, 1.54) is 0 Å². The van der Waals surface area contributed by atoms with Gasteiger partial charge in [-0.1, -0.05) is 43.0 Å². The molecule has 0 saturated heterocycles. The summed E-state index contributed by atoms with van der Waals surface area (Å²) < 4.78 is 5.10. The van der Waals surface area contributed by atoms with Gasteiger partial charge in [0.25, 0.3) is 0 Å². The van der Waals surface area contributed by atoms with Crippen molar-refractivity contribution in [2.24, 2.45) is 0 Å². The molecule has 0 aliphatic heterocycles. The second-order valence-corrected chi connectivity index (χ2v) is 5.21. The lowest BCUT2D eigenvalue weighted by molar-refractivity contribution is -0.138. The largest absolute Gasteiger partial charge is 0.508 e. The summed E-state index contributed by atoms with van der Waals surface area (Å²) in [7, 11) is 0. The van der Waals surface area contributed by atoms with Crippen molar-refractivity contribution in [2.75, 3.05) is 6.61 Å². The zero-order chi connectivity index (χ0) is 15.2. The fraction of sp³-hybridized carbons (Fsp3) is 0.278. The van der Waals surface area contributed by atoms with Gasteiger partial charge in [-0.15, -0.1) is 0 Å². The van der Waals surface area contributed by atoms with Gasteiger partial charge in [-0.05, 0) is 25.0 Å². The van der Waals surface area contributed by atoms with Crippen LogP contribution in [0.1, 0.15) is 30.4 Å². The Morgan fingerprint density at radius 1 is 1.43 bits per heavy atom. The first kappa shape index (κ1) is 15.1. The molecule has 0 fully saturated rings. The quantitative estimate of drug-likeness (QED) is 0.663. The molecule has 0 amide bonds. The summed E-state index contributed by atoms with van der Waals surface area (Å²) in [6, 6.07) is 5.55. The van der Waals surface area contributed by atoms with Crippen LogP contribution in [0.15, 0.2) is 54.7 Å². The molecular weight excluding hydrogens is 264 g/mol. The maximum atomic E-state index is 11.3. The number of allylic oxidation sites excluding steroid dienone is 4. The zero-order valence-electron chi connectivity index (χ0n) is 12.2. The minimum absolute atomic E-state index is 0.202. The van der Waals surface area contributed by atoms with E-state index in [0.717, 1.165) is 17.5 Å². The number of phenolic OH excluding ortho intramolecular Hbond substituents is 1. The van der Waals surface area contributed by atoms with Crippen molar-refractivity contribution in [3.63, 3.8) is 0 Å². The highest BCUT2D eigenvalue weighted by atomic mass is 16.5. The van der Waals surface area contributed by atoms with Crippen molar-refractivity contribution in [1.82, 2.24) is 0 Å². The van der Waals surface area contributed by atoms with Crippen molar-refractivity contribution >= 4 is 5.97 Å². The summed E-state index contributed by atoms with van der Waals surface area (Å²) in [5.41, 5.74) is 2.36. The summed E-state index contributed by atoms with van der Waals surface area (Å²) in [4.78, 5) is 11.3. The van der Waals surface area contributed by atoms with Gasteiger partial charge in [0.05, 0.1) is 6.61 Å². The van der Waals surface area contributed by atoms with Crippen LogP contribution >= 0.6 is 0 Å². The number of esters is 1. The van der Waals surface area contributed by atoms with E-state index >= 15 is 0 Å². The van der Waals surface area contributed by atoms with Gasteiger partial charge in [0, 0.05) is 23.5 Å². The average Bonchev–Trinajstić information content (AvgIpc) is 2.49. The normalized spacial score (nSPS) is 16.7. The first-order valence-electron chi connectivity index (χ1n) is 7.05. The van der Waals surface area contributed by atoms with E-state index in [9.17, 15) is 9.90 Å². The number of hydrogen-bond acceptors (Lipinski definition) is 3. The van der Waals surface area contributed by atoms with Gasteiger partial charge < -0.3 is 9.84 Å². The monoisotopic (exact) mass is 284 g/mol. The summed E-state index contributed by atoms with van der Waals surface area (Å²) in [5.74, 6) is 0.143. The van der Waals surface area contributed by atoms with Gasteiger partial charge in [-0.3, -0.25) is 0 Å². The molecule has 110 valence electrons. The van der Waals surface area contributed by atoms with Crippen LogP contribution in [0.3, 0.4) is 0 Å². The number of ether oxygens (including phenoxy) is 1. The standard InChI is InChI=1S/C18H20O3/c1-13(2)18(20)21-11-10-14-8-9-17(19)16(12-14)15-6-4-3-5-7-15/h3-6,8-9,12,15,19H,1,7,10-11H2,2H3. The van der Waals surface area contributed by atoms with Crippen molar-refractivity contribution in [3.05, 3.63) is 65.8 Å². The maximum Gasteiger partial charge on any atom is 0.333 e. The average molecular weight is 284 g/mol. The van der Waals surface area contributed by atoms with Crippen molar-refractivity contribution < 1.29 is 14.6 Å². The fourth-order valence-corrected chi connectivity index (χ4v) is 2.25. The molecule has 0 saturated carbocycles. The molecule has 0 radical (unpaired) electrons. The Balaban J connectivity index is 2.01. The van der Waals surface area contributed by atoms with Gasteiger partial charge in [0.15, 0.2) is 0 Å². The molecule has 1 atom stereocenters. The number of benzene rings is 1. The van der Waals surface area contributed by atoms with E-state index in [2.05, 4.69) is 18.7 Å². The molecule has 1 aliphatic carbocycles. The highest BCUT2D eigenvalue weighted by Gasteiger charge is 2.13. The number of aromatic hydroxyl groups is 1. The number of carbonyl (C=O) groups is 1. The molecule has 3 nitrogen and oxygen atoms in total. The molecule has 0 spiro atoms. The van der Waals surface area contributed by atoms with Crippen LogP contribution in [0.25, 0.3) is 0 Å². The lowest BCUT2D eigenvalue weighted by Crippen LogP contribution is -2.08. The van der Waals surface area contributed by atoms with Crippen molar-refractivity contribution in [3.8, 4) is 5.75 Å². The molecule has 1 N–H and O–H groups in total. The van der Waals surface area contributed by atoms with Crippen LogP contribution in [-0.4, -0.2) is 17.7 Å². The molecule has 0 aromatic heterocycles. The first-order chi connectivity index (χ1) is 10.1. The maximum absolute atomic E-state index is 11.3.